The second kappa shape index (κ2) is 8.51. The number of hydrogen-bond acceptors (Lipinski definition) is 6. The van der Waals surface area contributed by atoms with Crippen molar-refractivity contribution in [3.8, 4) is 17.1 Å². The first-order valence-electron chi connectivity index (χ1n) is 8.27. The minimum atomic E-state index is 0.603. The highest BCUT2D eigenvalue weighted by atomic mass is 32.2. The van der Waals surface area contributed by atoms with Gasteiger partial charge in [-0.25, -0.2) is 4.68 Å². The molecule has 0 aliphatic rings. The van der Waals surface area contributed by atoms with E-state index in [0.717, 1.165) is 22.8 Å². The molecule has 0 aliphatic carbocycles. The van der Waals surface area contributed by atoms with Crippen molar-refractivity contribution in [2.75, 3.05) is 24.5 Å². The fourth-order valence-corrected chi connectivity index (χ4v) is 4.32. The molecule has 136 valence electrons. The summed E-state index contributed by atoms with van der Waals surface area (Å²) in [6, 6.07) is 14.2. The Kier molecular flexibility index (Phi) is 6.11. The summed E-state index contributed by atoms with van der Waals surface area (Å²) in [5, 5.41) is 9.16. The van der Waals surface area contributed by atoms with Gasteiger partial charge in [-0.1, -0.05) is 30.0 Å². The van der Waals surface area contributed by atoms with Crippen molar-refractivity contribution in [2.45, 2.75) is 23.9 Å². The lowest BCUT2D eigenvalue weighted by Gasteiger charge is -2.08. The molecule has 1 aromatic heterocycles. The average molecular weight is 387 g/mol. The van der Waals surface area contributed by atoms with Crippen molar-refractivity contribution in [3.63, 3.8) is 0 Å². The molecule has 0 fully saturated rings. The van der Waals surface area contributed by atoms with E-state index in [-0.39, 0.29) is 0 Å². The molecule has 1 heterocycles. The second-order valence-corrected chi connectivity index (χ2v) is 8.05. The van der Waals surface area contributed by atoms with Crippen molar-refractivity contribution in [1.82, 2.24) is 14.9 Å². The van der Waals surface area contributed by atoms with Gasteiger partial charge < -0.3 is 10.6 Å². The van der Waals surface area contributed by atoms with Gasteiger partial charge in [-0.2, -0.15) is 0 Å². The van der Waals surface area contributed by atoms with E-state index in [2.05, 4.69) is 42.2 Å². The summed E-state index contributed by atoms with van der Waals surface area (Å²) in [6.07, 6.45) is 0. The van der Waals surface area contributed by atoms with Gasteiger partial charge in [0.25, 0.3) is 0 Å². The summed E-state index contributed by atoms with van der Waals surface area (Å²) in [4.78, 5) is 1.29. The highest BCUT2D eigenvalue weighted by Gasteiger charge is 2.15. The van der Waals surface area contributed by atoms with E-state index in [1.807, 2.05) is 36.0 Å². The molecule has 5 nitrogen and oxygen atoms in total. The molecule has 0 atom stereocenters. The van der Waals surface area contributed by atoms with Crippen LogP contribution in [0.15, 0.2) is 52.5 Å². The van der Waals surface area contributed by atoms with Gasteiger partial charge in [0.05, 0.1) is 12.7 Å². The molecule has 0 aliphatic heterocycles. The molecule has 7 heteroatoms. The number of benzene rings is 2. The highest BCUT2D eigenvalue weighted by molar-refractivity contribution is 8.02. The fraction of sp³-hybridized carbons (Fsp3) is 0.263. The third-order valence-electron chi connectivity index (χ3n) is 4.07. The molecule has 3 rings (SSSR count). The predicted molar refractivity (Wildman–Crippen MR) is 110 cm³/mol. The first-order valence-corrected chi connectivity index (χ1v) is 10.2. The van der Waals surface area contributed by atoms with Crippen molar-refractivity contribution in [2.24, 2.45) is 0 Å². The molecule has 0 unspecified atom stereocenters. The molecule has 2 N–H and O–H groups in total. The fourth-order valence-electron chi connectivity index (χ4n) is 2.48. The molecular formula is C19H22N4OS2. The Labute approximate surface area is 162 Å². The maximum absolute atomic E-state index is 6.20. The van der Waals surface area contributed by atoms with Crippen molar-refractivity contribution in [1.29, 1.82) is 0 Å². The molecule has 2 aromatic carbocycles. The van der Waals surface area contributed by atoms with E-state index < -0.39 is 0 Å². The number of nitrogens with two attached hydrogens (primary N) is 1. The maximum atomic E-state index is 6.20. The predicted octanol–water partition coefficient (Wildman–Crippen LogP) is 4.17. The maximum Gasteiger partial charge on any atom is 0.210 e. The van der Waals surface area contributed by atoms with Crippen LogP contribution in [0.1, 0.15) is 11.1 Å². The normalized spacial score (nSPS) is 10.9. The molecule has 0 saturated carbocycles. The Morgan fingerprint density at radius 2 is 1.77 bits per heavy atom. The highest BCUT2D eigenvalue weighted by Crippen LogP contribution is 2.30. The van der Waals surface area contributed by atoms with Gasteiger partial charge in [0.1, 0.15) is 5.75 Å². The van der Waals surface area contributed by atoms with E-state index in [9.17, 15) is 0 Å². The van der Waals surface area contributed by atoms with Crippen LogP contribution in [0.4, 0.5) is 0 Å². The molecule has 0 amide bonds. The zero-order valence-electron chi connectivity index (χ0n) is 15.1. The monoisotopic (exact) mass is 386 g/mol. The van der Waals surface area contributed by atoms with E-state index in [1.54, 1.807) is 18.9 Å². The zero-order valence-corrected chi connectivity index (χ0v) is 16.7. The van der Waals surface area contributed by atoms with E-state index >= 15 is 0 Å². The number of aromatic nitrogens is 3. The first kappa shape index (κ1) is 18.7. The lowest BCUT2D eigenvalue weighted by molar-refractivity contribution is 0.416. The Morgan fingerprint density at radius 3 is 2.54 bits per heavy atom. The summed E-state index contributed by atoms with van der Waals surface area (Å²) >= 11 is 3.44. The average Bonchev–Trinajstić information content (AvgIpc) is 3.02. The topological polar surface area (TPSA) is 66.0 Å². The first-order chi connectivity index (χ1) is 12.6. The molecular weight excluding hydrogens is 364 g/mol. The molecule has 0 saturated heterocycles. The Bertz CT molecular complexity index is 895. The van der Waals surface area contributed by atoms with Crippen molar-refractivity contribution in [3.05, 3.63) is 53.6 Å². The molecule has 0 bridgehead atoms. The smallest absolute Gasteiger partial charge is 0.210 e. The van der Waals surface area contributed by atoms with Crippen LogP contribution in [-0.2, 0) is 0 Å². The van der Waals surface area contributed by atoms with Gasteiger partial charge in [-0.05, 0) is 49.2 Å². The van der Waals surface area contributed by atoms with Crippen LogP contribution in [-0.4, -0.2) is 33.5 Å². The molecule has 0 spiro atoms. The Balaban J connectivity index is 1.61. The molecule has 26 heavy (non-hydrogen) atoms. The number of methoxy groups -OCH3 is 1. The zero-order chi connectivity index (χ0) is 18.5. The van der Waals surface area contributed by atoms with Crippen LogP contribution in [0.25, 0.3) is 11.4 Å². The number of hydrogen-bond donors (Lipinski definition) is 1. The number of nitrogens with zero attached hydrogens (tertiary/aromatic N) is 3. The van der Waals surface area contributed by atoms with E-state index in [0.29, 0.717) is 11.0 Å². The largest absolute Gasteiger partial charge is 0.496 e. The van der Waals surface area contributed by atoms with Crippen LogP contribution in [0.3, 0.4) is 0 Å². The van der Waals surface area contributed by atoms with Gasteiger partial charge >= 0.3 is 0 Å². The second-order valence-electron chi connectivity index (χ2n) is 5.82. The molecule has 0 radical (unpaired) electrons. The van der Waals surface area contributed by atoms with Crippen LogP contribution >= 0.6 is 23.5 Å². The summed E-state index contributed by atoms with van der Waals surface area (Å²) < 4.78 is 6.91. The van der Waals surface area contributed by atoms with Crippen LogP contribution in [0.5, 0.6) is 5.75 Å². The quantitative estimate of drug-likeness (QED) is 0.373. The van der Waals surface area contributed by atoms with E-state index in [4.69, 9.17) is 10.6 Å². The number of rotatable bonds is 7. The van der Waals surface area contributed by atoms with Crippen LogP contribution in [0.2, 0.25) is 0 Å². The van der Waals surface area contributed by atoms with Crippen LogP contribution in [0, 0.1) is 13.8 Å². The van der Waals surface area contributed by atoms with Gasteiger partial charge in [0.15, 0.2) is 5.82 Å². The van der Waals surface area contributed by atoms with Gasteiger partial charge in [0.2, 0.25) is 5.16 Å². The number of aryl methyl sites for hydroxylation is 2. The summed E-state index contributed by atoms with van der Waals surface area (Å²) in [6.45, 7) is 4.28. The van der Waals surface area contributed by atoms with Gasteiger partial charge in [-0.3, -0.25) is 0 Å². The minimum absolute atomic E-state index is 0.603. The number of thioether (sulfide) groups is 2. The standard InChI is InChI=1S/C19H22N4OS2/c1-13-8-9-15(12-14(13)2)25-10-11-26-19-22-21-18(23(19)20)16-6-4-5-7-17(16)24-3/h4-9,12H,10-11,20H2,1-3H3. The lowest BCUT2D eigenvalue weighted by atomic mass is 10.1. The lowest BCUT2D eigenvalue weighted by Crippen LogP contribution is -2.12. The third kappa shape index (κ3) is 4.16. The number of nitrogen functional groups attached to an aromatic ring is 1. The summed E-state index contributed by atoms with van der Waals surface area (Å²) in [7, 11) is 1.63. The third-order valence-corrected chi connectivity index (χ3v) is 6.27. The Hall–Kier alpha value is -2.12. The summed E-state index contributed by atoms with van der Waals surface area (Å²) in [5.74, 6) is 9.41. The van der Waals surface area contributed by atoms with Crippen LogP contribution < -0.4 is 10.6 Å². The van der Waals surface area contributed by atoms with Crippen molar-refractivity contribution < 1.29 is 4.74 Å². The number of ether oxygens (including phenoxy) is 1. The van der Waals surface area contributed by atoms with Gasteiger partial charge in [0, 0.05) is 16.4 Å². The summed E-state index contributed by atoms with van der Waals surface area (Å²) in [5.41, 5.74) is 3.48. The van der Waals surface area contributed by atoms with Crippen molar-refractivity contribution >= 4 is 23.5 Å². The number of para-hydroxylation sites is 1. The van der Waals surface area contributed by atoms with Gasteiger partial charge in [-0.15, -0.1) is 22.0 Å². The van der Waals surface area contributed by atoms with E-state index in [1.165, 1.54) is 20.7 Å². The molecule has 3 aromatic rings. The minimum Gasteiger partial charge on any atom is -0.496 e. The Morgan fingerprint density at radius 1 is 1.00 bits per heavy atom. The SMILES string of the molecule is COc1ccccc1-c1nnc(SCCSc2ccc(C)c(C)c2)n1N.